The molecule has 0 saturated carbocycles. The molecule has 2 aromatic rings. The third-order valence-corrected chi connectivity index (χ3v) is 3.49. The second-order valence-corrected chi connectivity index (χ2v) is 6.00. The van der Waals surface area contributed by atoms with E-state index in [1.54, 1.807) is 57.2 Å². The van der Waals surface area contributed by atoms with Crippen LogP contribution in [0.2, 0.25) is 5.02 Å². The van der Waals surface area contributed by atoms with Crippen molar-refractivity contribution in [3.63, 3.8) is 0 Å². The van der Waals surface area contributed by atoms with E-state index in [2.05, 4.69) is 10.4 Å². The fraction of sp³-hybridized carbons (Fsp3) is 0.400. The van der Waals surface area contributed by atoms with E-state index in [0.29, 0.717) is 16.7 Å². The van der Waals surface area contributed by atoms with Gasteiger partial charge >= 0.3 is 11.7 Å². The van der Waals surface area contributed by atoms with Crippen molar-refractivity contribution in [3.8, 4) is 5.75 Å². The largest absolute Gasteiger partial charge is 0.491 e. The number of ether oxygens (including phenoxy) is 1. The van der Waals surface area contributed by atoms with Crippen LogP contribution >= 0.6 is 11.6 Å². The molecule has 0 saturated heterocycles. The number of anilines is 1. The molecule has 0 aliphatic rings. The Morgan fingerprint density at radius 3 is 2.54 bits per heavy atom. The summed E-state index contributed by atoms with van der Waals surface area (Å²) in [4.78, 5) is 25.9. The number of hydrogen-bond donors (Lipinski definition) is 1. The highest BCUT2D eigenvalue weighted by Crippen LogP contribution is 2.15. The first-order valence-corrected chi connectivity index (χ1v) is 7.70. The summed E-state index contributed by atoms with van der Waals surface area (Å²) in [5.74, 6) is 1.03. The summed E-state index contributed by atoms with van der Waals surface area (Å²) >= 11 is 5.81. The lowest BCUT2D eigenvalue weighted by atomic mass is 10.3. The van der Waals surface area contributed by atoms with Gasteiger partial charge in [-0.2, -0.15) is 0 Å². The van der Waals surface area contributed by atoms with Gasteiger partial charge in [0.1, 0.15) is 12.4 Å². The maximum atomic E-state index is 12.2. The highest BCUT2D eigenvalue weighted by molar-refractivity contribution is 6.30. The Bertz CT molecular complexity index is 766. The average molecular weight is 354 g/mol. The highest BCUT2D eigenvalue weighted by Gasteiger charge is 2.18. The molecule has 0 aliphatic carbocycles. The monoisotopic (exact) mass is 353 g/mol. The molecule has 0 radical (unpaired) electrons. The minimum atomic E-state index is -0.601. The summed E-state index contributed by atoms with van der Waals surface area (Å²) in [6, 6.07) is 6.00. The predicted octanol–water partition coefficient (Wildman–Crippen LogP) is 1.33. The van der Waals surface area contributed by atoms with Crippen LogP contribution in [0.4, 0.5) is 10.7 Å². The Labute approximate surface area is 144 Å². The van der Waals surface area contributed by atoms with Crippen molar-refractivity contribution in [1.82, 2.24) is 19.7 Å². The zero-order valence-corrected chi connectivity index (χ0v) is 14.7. The molecule has 1 aromatic carbocycles. The van der Waals surface area contributed by atoms with E-state index in [1.807, 2.05) is 0 Å². The molecule has 9 heteroatoms. The summed E-state index contributed by atoms with van der Waals surface area (Å²) < 4.78 is 7.66. The Balaban J connectivity index is 1.97. The normalized spacial score (nSPS) is 11.9. The van der Waals surface area contributed by atoms with Gasteiger partial charge in [0.25, 0.3) is 0 Å². The van der Waals surface area contributed by atoms with Crippen LogP contribution in [-0.4, -0.2) is 47.1 Å². The maximum absolute atomic E-state index is 12.2. The van der Waals surface area contributed by atoms with Gasteiger partial charge in [0.15, 0.2) is 0 Å². The van der Waals surface area contributed by atoms with Gasteiger partial charge in [-0.05, 0) is 31.2 Å². The van der Waals surface area contributed by atoms with E-state index in [9.17, 15) is 9.59 Å². The predicted molar refractivity (Wildman–Crippen MR) is 92.1 cm³/mol. The van der Waals surface area contributed by atoms with Gasteiger partial charge in [-0.25, -0.2) is 9.59 Å². The first-order valence-electron chi connectivity index (χ1n) is 7.32. The first-order chi connectivity index (χ1) is 11.3. The van der Waals surface area contributed by atoms with Gasteiger partial charge in [0.05, 0.1) is 6.04 Å². The van der Waals surface area contributed by atoms with E-state index >= 15 is 0 Å². The summed E-state index contributed by atoms with van der Waals surface area (Å²) in [7, 11) is 5.04. The van der Waals surface area contributed by atoms with Crippen LogP contribution in [0.3, 0.4) is 0 Å². The highest BCUT2D eigenvalue weighted by atomic mass is 35.5. The molecule has 130 valence electrons. The van der Waals surface area contributed by atoms with Crippen molar-refractivity contribution in [2.75, 3.05) is 25.6 Å². The van der Waals surface area contributed by atoms with Crippen molar-refractivity contribution in [2.45, 2.75) is 13.0 Å². The van der Waals surface area contributed by atoms with E-state index < -0.39 is 11.7 Å². The standard InChI is InChI=1S/C15H20ClN5O3/c1-10(9-24-12-7-5-11(16)6-8-12)17-14(22)21-15(23)20(4)13(18-21)19(2)3/h5-8,10H,9H2,1-4H3,(H,17,22). The number of amides is 1. The van der Waals surface area contributed by atoms with E-state index in [-0.39, 0.29) is 12.6 Å². The molecule has 0 fully saturated rings. The van der Waals surface area contributed by atoms with Crippen LogP contribution in [0.15, 0.2) is 29.1 Å². The Morgan fingerprint density at radius 2 is 2.00 bits per heavy atom. The number of aromatic nitrogens is 3. The number of halogens is 1. The van der Waals surface area contributed by atoms with Gasteiger partial charge in [-0.3, -0.25) is 4.57 Å². The fourth-order valence-corrected chi connectivity index (χ4v) is 2.14. The third kappa shape index (κ3) is 4.08. The second-order valence-electron chi connectivity index (χ2n) is 5.56. The second kappa shape index (κ2) is 7.39. The molecule has 0 aliphatic heterocycles. The number of carbonyl (C=O) groups excluding carboxylic acids is 1. The number of nitrogens with zero attached hydrogens (tertiary/aromatic N) is 4. The van der Waals surface area contributed by atoms with E-state index in [1.165, 1.54) is 4.57 Å². The molecule has 0 spiro atoms. The van der Waals surface area contributed by atoms with Crippen molar-refractivity contribution in [1.29, 1.82) is 0 Å². The van der Waals surface area contributed by atoms with Crippen LogP contribution in [0.25, 0.3) is 0 Å². The molecule has 1 heterocycles. The number of hydrogen-bond acceptors (Lipinski definition) is 5. The first kappa shape index (κ1) is 17.9. The SMILES string of the molecule is CC(COc1ccc(Cl)cc1)NC(=O)n1nc(N(C)C)n(C)c1=O. The smallest absolute Gasteiger partial charge is 0.355 e. The molecule has 24 heavy (non-hydrogen) atoms. The molecule has 1 aromatic heterocycles. The molecule has 0 bridgehead atoms. The number of nitrogens with one attached hydrogen (secondary N) is 1. The third-order valence-electron chi connectivity index (χ3n) is 3.23. The van der Waals surface area contributed by atoms with Gasteiger partial charge in [-0.15, -0.1) is 9.78 Å². The van der Waals surface area contributed by atoms with Crippen LogP contribution in [-0.2, 0) is 7.05 Å². The van der Waals surface area contributed by atoms with Crippen LogP contribution in [0.5, 0.6) is 5.75 Å². The lowest BCUT2D eigenvalue weighted by molar-refractivity contribution is 0.224. The molecular weight excluding hydrogens is 334 g/mol. The van der Waals surface area contributed by atoms with Gasteiger partial charge in [-0.1, -0.05) is 11.6 Å². The zero-order valence-electron chi connectivity index (χ0n) is 14.0. The fourth-order valence-electron chi connectivity index (χ4n) is 2.01. The molecule has 1 N–H and O–H groups in total. The van der Waals surface area contributed by atoms with Crippen LogP contribution in [0, 0.1) is 0 Å². The molecule has 1 atom stereocenters. The quantitative estimate of drug-likeness (QED) is 0.877. The molecule has 8 nitrogen and oxygen atoms in total. The van der Waals surface area contributed by atoms with Crippen molar-refractivity contribution in [3.05, 3.63) is 39.8 Å². The summed E-state index contributed by atoms with van der Waals surface area (Å²) in [6.45, 7) is 2.02. The van der Waals surface area contributed by atoms with Gasteiger partial charge in [0, 0.05) is 26.2 Å². The van der Waals surface area contributed by atoms with Crippen molar-refractivity contribution >= 4 is 23.6 Å². The molecular formula is C15H20ClN5O3. The van der Waals surface area contributed by atoms with Crippen LogP contribution < -0.4 is 20.6 Å². The summed E-state index contributed by atoms with van der Waals surface area (Å²) in [5.41, 5.74) is -0.512. The van der Waals surface area contributed by atoms with Gasteiger partial charge < -0.3 is 15.0 Å². The van der Waals surface area contributed by atoms with E-state index in [0.717, 1.165) is 4.68 Å². The number of benzene rings is 1. The number of carbonyl (C=O) groups is 1. The average Bonchev–Trinajstić information content (AvgIpc) is 2.83. The molecule has 1 unspecified atom stereocenters. The maximum Gasteiger partial charge on any atom is 0.355 e. The summed E-state index contributed by atoms with van der Waals surface area (Å²) in [6.07, 6.45) is 0. The van der Waals surface area contributed by atoms with Crippen molar-refractivity contribution < 1.29 is 9.53 Å². The molecule has 2 rings (SSSR count). The lowest BCUT2D eigenvalue weighted by Crippen LogP contribution is -2.43. The Morgan fingerprint density at radius 1 is 1.38 bits per heavy atom. The zero-order chi connectivity index (χ0) is 17.9. The Hall–Kier alpha value is -2.48. The minimum Gasteiger partial charge on any atom is -0.491 e. The van der Waals surface area contributed by atoms with Crippen molar-refractivity contribution in [2.24, 2.45) is 7.05 Å². The summed E-state index contributed by atoms with van der Waals surface area (Å²) in [5, 5.41) is 7.31. The van der Waals surface area contributed by atoms with E-state index in [4.69, 9.17) is 16.3 Å². The minimum absolute atomic E-state index is 0.246. The Kier molecular flexibility index (Phi) is 5.50. The van der Waals surface area contributed by atoms with Crippen LogP contribution in [0.1, 0.15) is 6.92 Å². The number of rotatable bonds is 5. The molecule has 1 amide bonds. The lowest BCUT2D eigenvalue weighted by Gasteiger charge is -2.14. The van der Waals surface area contributed by atoms with Gasteiger partial charge in [0.2, 0.25) is 5.95 Å². The topological polar surface area (TPSA) is 81.4 Å².